The first-order chi connectivity index (χ1) is 8.77. The van der Waals surface area contributed by atoms with Crippen LogP contribution in [-0.2, 0) is 9.47 Å². The summed E-state index contributed by atoms with van der Waals surface area (Å²) in [5.74, 6) is -0.116. The second-order valence-electron chi connectivity index (χ2n) is 3.71. The van der Waals surface area contributed by atoms with Gasteiger partial charge in [0.15, 0.2) is 0 Å². The molecule has 7 nitrogen and oxygen atoms in total. The van der Waals surface area contributed by atoms with Gasteiger partial charge in [0.1, 0.15) is 6.79 Å². The van der Waals surface area contributed by atoms with Gasteiger partial charge in [-0.05, 0) is 12.1 Å². The number of aromatic nitrogens is 1. The molecule has 0 saturated carbocycles. The van der Waals surface area contributed by atoms with Crippen LogP contribution in [0.15, 0.2) is 29.6 Å². The predicted octanol–water partition coefficient (Wildman–Crippen LogP) is 0.674. The van der Waals surface area contributed by atoms with Crippen molar-refractivity contribution in [1.82, 2.24) is 10.4 Å². The van der Waals surface area contributed by atoms with E-state index in [0.717, 1.165) is 5.56 Å². The second-order valence-corrected chi connectivity index (χ2v) is 3.71. The standard InChI is InChI=1S/C11H13N3O4/c15-11(16)14-13-10(8-2-1-3-12-4-8)9-5-17-7-18-6-9/h1-4,9,14H,5-7H2,(H,15,16). The number of hydrazone groups is 1. The number of carbonyl (C=O) groups is 1. The fraction of sp³-hybridized carbons (Fsp3) is 0.364. The molecule has 2 heterocycles. The average Bonchev–Trinajstić information content (AvgIpc) is 2.41. The van der Waals surface area contributed by atoms with Crippen LogP contribution in [0, 0.1) is 5.92 Å². The SMILES string of the molecule is O=C(O)NN=C(c1cccnc1)C1COCOC1. The topological polar surface area (TPSA) is 93.0 Å². The van der Waals surface area contributed by atoms with E-state index in [1.165, 1.54) is 0 Å². The number of hydrogen-bond acceptors (Lipinski definition) is 5. The largest absolute Gasteiger partial charge is 0.464 e. The van der Waals surface area contributed by atoms with E-state index >= 15 is 0 Å². The Morgan fingerprint density at radius 3 is 2.89 bits per heavy atom. The maximum Gasteiger partial charge on any atom is 0.425 e. The molecular weight excluding hydrogens is 238 g/mol. The third kappa shape index (κ3) is 3.25. The number of rotatable bonds is 3. The number of amides is 1. The van der Waals surface area contributed by atoms with E-state index in [-0.39, 0.29) is 12.7 Å². The molecule has 0 unspecified atom stereocenters. The molecule has 1 aromatic heterocycles. The zero-order valence-electron chi connectivity index (χ0n) is 9.57. The van der Waals surface area contributed by atoms with Crippen LogP contribution in [0.4, 0.5) is 4.79 Å². The Hall–Kier alpha value is -1.99. The van der Waals surface area contributed by atoms with Gasteiger partial charge in [0.05, 0.1) is 24.8 Å². The van der Waals surface area contributed by atoms with Gasteiger partial charge in [-0.15, -0.1) is 0 Å². The summed E-state index contributed by atoms with van der Waals surface area (Å²) < 4.78 is 10.4. The number of ether oxygens (including phenoxy) is 2. The lowest BCUT2D eigenvalue weighted by molar-refractivity contribution is -0.111. The molecule has 7 heteroatoms. The zero-order chi connectivity index (χ0) is 12.8. The first-order valence-corrected chi connectivity index (χ1v) is 5.40. The van der Waals surface area contributed by atoms with Gasteiger partial charge >= 0.3 is 6.09 Å². The van der Waals surface area contributed by atoms with Crippen LogP contribution < -0.4 is 5.43 Å². The normalized spacial score (nSPS) is 17.4. The third-order valence-electron chi connectivity index (χ3n) is 2.42. The van der Waals surface area contributed by atoms with Crippen molar-refractivity contribution in [2.75, 3.05) is 20.0 Å². The molecule has 1 fully saturated rings. The molecule has 0 bridgehead atoms. The van der Waals surface area contributed by atoms with E-state index in [1.807, 2.05) is 11.5 Å². The van der Waals surface area contributed by atoms with Crippen molar-refractivity contribution in [3.63, 3.8) is 0 Å². The zero-order valence-corrected chi connectivity index (χ0v) is 9.57. The van der Waals surface area contributed by atoms with Crippen molar-refractivity contribution in [3.05, 3.63) is 30.1 Å². The Morgan fingerprint density at radius 1 is 1.50 bits per heavy atom. The predicted molar refractivity (Wildman–Crippen MR) is 62.2 cm³/mol. The first-order valence-electron chi connectivity index (χ1n) is 5.40. The van der Waals surface area contributed by atoms with Crippen molar-refractivity contribution in [2.24, 2.45) is 11.0 Å². The molecule has 1 aromatic rings. The van der Waals surface area contributed by atoms with Gasteiger partial charge in [-0.2, -0.15) is 5.10 Å². The highest BCUT2D eigenvalue weighted by Crippen LogP contribution is 2.13. The van der Waals surface area contributed by atoms with E-state index < -0.39 is 6.09 Å². The van der Waals surface area contributed by atoms with E-state index in [4.69, 9.17) is 14.6 Å². The molecule has 96 valence electrons. The number of nitrogens with one attached hydrogen (secondary N) is 1. The second kappa shape index (κ2) is 6.08. The van der Waals surface area contributed by atoms with E-state index in [9.17, 15) is 4.79 Å². The maximum atomic E-state index is 10.5. The van der Waals surface area contributed by atoms with Crippen LogP contribution in [0.2, 0.25) is 0 Å². The number of pyridine rings is 1. The quantitative estimate of drug-likeness (QED) is 0.608. The first kappa shape index (κ1) is 12.5. The van der Waals surface area contributed by atoms with Gasteiger partial charge in [-0.25, -0.2) is 10.2 Å². The summed E-state index contributed by atoms with van der Waals surface area (Å²) in [5, 5.41) is 12.5. The monoisotopic (exact) mass is 251 g/mol. The van der Waals surface area contributed by atoms with Crippen molar-refractivity contribution < 1.29 is 19.4 Å². The Bertz CT molecular complexity index is 429. The minimum absolute atomic E-state index is 0.116. The highest BCUT2D eigenvalue weighted by atomic mass is 16.7. The molecule has 1 aliphatic rings. The van der Waals surface area contributed by atoms with Crippen molar-refractivity contribution >= 4 is 11.8 Å². The lowest BCUT2D eigenvalue weighted by Gasteiger charge is -2.23. The molecule has 1 aliphatic heterocycles. The lowest BCUT2D eigenvalue weighted by Crippen LogP contribution is -2.33. The van der Waals surface area contributed by atoms with Gasteiger partial charge in [0, 0.05) is 18.0 Å². The summed E-state index contributed by atoms with van der Waals surface area (Å²) in [4.78, 5) is 14.5. The fourth-order valence-electron chi connectivity index (χ4n) is 1.66. The van der Waals surface area contributed by atoms with Crippen molar-refractivity contribution in [1.29, 1.82) is 0 Å². The van der Waals surface area contributed by atoms with Gasteiger partial charge in [-0.3, -0.25) is 4.98 Å². The van der Waals surface area contributed by atoms with E-state index in [2.05, 4.69) is 10.1 Å². The van der Waals surface area contributed by atoms with Crippen LogP contribution in [0.3, 0.4) is 0 Å². The van der Waals surface area contributed by atoms with Crippen LogP contribution in [-0.4, -0.2) is 41.9 Å². The average molecular weight is 251 g/mol. The molecular formula is C11H13N3O4. The smallest absolute Gasteiger partial charge is 0.425 e. The molecule has 1 amide bonds. The summed E-state index contributed by atoms with van der Waals surface area (Å²) in [6, 6.07) is 3.57. The summed E-state index contributed by atoms with van der Waals surface area (Å²) in [7, 11) is 0. The van der Waals surface area contributed by atoms with Gasteiger partial charge in [0.2, 0.25) is 0 Å². The minimum atomic E-state index is -1.21. The Morgan fingerprint density at radius 2 is 2.28 bits per heavy atom. The minimum Gasteiger partial charge on any atom is -0.464 e. The molecule has 0 spiro atoms. The highest BCUT2D eigenvalue weighted by molar-refractivity contribution is 6.02. The lowest BCUT2D eigenvalue weighted by atomic mass is 9.99. The molecule has 0 aromatic carbocycles. The van der Waals surface area contributed by atoms with Gasteiger partial charge < -0.3 is 14.6 Å². The summed E-state index contributed by atoms with van der Waals surface area (Å²) in [6.07, 6.45) is 2.05. The third-order valence-corrected chi connectivity index (χ3v) is 2.42. The van der Waals surface area contributed by atoms with Crippen LogP contribution in [0.5, 0.6) is 0 Å². The van der Waals surface area contributed by atoms with Crippen LogP contribution >= 0.6 is 0 Å². The number of nitrogens with zero attached hydrogens (tertiary/aromatic N) is 2. The Balaban J connectivity index is 2.22. The van der Waals surface area contributed by atoms with Crippen molar-refractivity contribution in [2.45, 2.75) is 0 Å². The highest BCUT2D eigenvalue weighted by Gasteiger charge is 2.22. The van der Waals surface area contributed by atoms with E-state index in [1.54, 1.807) is 18.5 Å². The van der Waals surface area contributed by atoms with E-state index in [0.29, 0.717) is 18.9 Å². The molecule has 2 rings (SSSR count). The van der Waals surface area contributed by atoms with Crippen molar-refractivity contribution in [3.8, 4) is 0 Å². The number of hydrogen-bond donors (Lipinski definition) is 2. The van der Waals surface area contributed by atoms with Gasteiger partial charge in [-0.1, -0.05) is 0 Å². The van der Waals surface area contributed by atoms with Crippen LogP contribution in [0.1, 0.15) is 5.56 Å². The molecule has 0 radical (unpaired) electrons. The summed E-state index contributed by atoms with van der Waals surface area (Å²) in [5.41, 5.74) is 3.31. The Kier molecular flexibility index (Phi) is 4.21. The number of carboxylic acid groups (broad SMARTS) is 1. The maximum absolute atomic E-state index is 10.5. The molecule has 18 heavy (non-hydrogen) atoms. The summed E-state index contributed by atoms with van der Waals surface area (Å²) in [6.45, 7) is 1.13. The Labute approximate surface area is 103 Å². The summed E-state index contributed by atoms with van der Waals surface area (Å²) >= 11 is 0. The van der Waals surface area contributed by atoms with Crippen LogP contribution in [0.25, 0.3) is 0 Å². The fourth-order valence-corrected chi connectivity index (χ4v) is 1.66. The van der Waals surface area contributed by atoms with Gasteiger partial charge in [0.25, 0.3) is 0 Å². The molecule has 1 saturated heterocycles. The molecule has 2 N–H and O–H groups in total. The molecule has 0 aliphatic carbocycles. The molecule has 0 atom stereocenters.